The van der Waals surface area contributed by atoms with E-state index in [9.17, 15) is 33.9 Å². The molecule has 0 aromatic carbocycles. The number of hydrogen-bond donors (Lipinski definition) is 7. The number of carbonyl (C=O) groups excluding carboxylic acids is 4. The number of carbonyl (C=O) groups is 6. The Morgan fingerprint density at radius 3 is 1.97 bits per heavy atom. The average molecular weight is 464 g/mol. The molecule has 0 aliphatic rings. The minimum absolute atomic E-state index is 0.0355. The predicted molar refractivity (Wildman–Crippen MR) is 111 cm³/mol. The molecule has 14 heteroatoms. The van der Waals surface area contributed by atoms with E-state index >= 15 is 0 Å². The van der Waals surface area contributed by atoms with Crippen molar-refractivity contribution in [3.8, 4) is 0 Å². The Balaban J connectivity index is 5.04. The van der Waals surface area contributed by atoms with E-state index in [0.29, 0.717) is 5.75 Å². The molecule has 4 unspecified atom stereocenters. The van der Waals surface area contributed by atoms with Crippen molar-refractivity contribution in [3.05, 3.63) is 0 Å². The molecule has 0 bridgehead atoms. The lowest BCUT2D eigenvalue weighted by Crippen LogP contribution is -2.56. The summed E-state index contributed by atoms with van der Waals surface area (Å²) in [6, 6.07) is -5.12. The van der Waals surface area contributed by atoms with Gasteiger partial charge in [0.25, 0.3) is 0 Å². The normalized spacial score (nSPS) is 14.4. The summed E-state index contributed by atoms with van der Waals surface area (Å²) in [5.74, 6) is -5.52. The fraction of sp³-hybridized carbons (Fsp3) is 0.647. The zero-order chi connectivity index (χ0) is 24.1. The molecule has 13 nitrogen and oxygen atoms in total. The van der Waals surface area contributed by atoms with Gasteiger partial charge in [-0.25, -0.2) is 4.79 Å². The molecule has 0 aliphatic heterocycles. The van der Waals surface area contributed by atoms with E-state index in [1.165, 1.54) is 18.7 Å². The molecule has 0 aromatic heterocycles. The monoisotopic (exact) mass is 463 g/mol. The largest absolute Gasteiger partial charge is 0.481 e. The van der Waals surface area contributed by atoms with E-state index in [1.807, 2.05) is 0 Å². The summed E-state index contributed by atoms with van der Waals surface area (Å²) in [6.07, 6.45) is 0.893. The van der Waals surface area contributed by atoms with E-state index in [0.717, 1.165) is 0 Å². The minimum atomic E-state index is -1.57. The number of carboxylic acid groups (broad SMARTS) is 2. The number of carboxylic acids is 2. The van der Waals surface area contributed by atoms with Gasteiger partial charge in [-0.1, -0.05) is 0 Å². The second-order valence-corrected chi connectivity index (χ2v) is 7.67. The molecule has 0 fully saturated rings. The van der Waals surface area contributed by atoms with Crippen LogP contribution in [0.15, 0.2) is 0 Å². The first-order valence-electron chi connectivity index (χ1n) is 9.27. The van der Waals surface area contributed by atoms with Crippen molar-refractivity contribution >= 4 is 47.3 Å². The van der Waals surface area contributed by atoms with Crippen molar-refractivity contribution in [2.45, 2.75) is 56.8 Å². The number of nitrogens with two attached hydrogens (primary N) is 2. The molecule has 0 aromatic rings. The van der Waals surface area contributed by atoms with E-state index in [-0.39, 0.29) is 19.3 Å². The first-order chi connectivity index (χ1) is 14.4. The van der Waals surface area contributed by atoms with Gasteiger partial charge in [-0.2, -0.15) is 11.8 Å². The zero-order valence-electron chi connectivity index (χ0n) is 17.3. The molecule has 4 amide bonds. The molecule has 0 heterocycles. The second-order valence-electron chi connectivity index (χ2n) is 6.68. The first kappa shape index (κ1) is 28.1. The van der Waals surface area contributed by atoms with Crippen LogP contribution in [0, 0.1) is 0 Å². The highest BCUT2D eigenvalue weighted by molar-refractivity contribution is 7.98. The van der Waals surface area contributed by atoms with E-state index in [2.05, 4.69) is 16.0 Å². The van der Waals surface area contributed by atoms with E-state index in [1.54, 1.807) is 6.26 Å². The Hall–Kier alpha value is -2.87. The van der Waals surface area contributed by atoms with Crippen LogP contribution in [0.1, 0.15) is 32.6 Å². The number of thioether (sulfide) groups is 1. The SMILES string of the molecule is CSCCC(NC(=O)C(CC(=O)O)NC(=O)C(C)NC(=O)C(N)CCC(N)=O)C(=O)O. The summed E-state index contributed by atoms with van der Waals surface area (Å²) >= 11 is 1.37. The van der Waals surface area contributed by atoms with Gasteiger partial charge in [0.1, 0.15) is 18.1 Å². The van der Waals surface area contributed by atoms with Gasteiger partial charge in [0.2, 0.25) is 23.6 Å². The lowest BCUT2D eigenvalue weighted by molar-refractivity contribution is -0.143. The van der Waals surface area contributed by atoms with Gasteiger partial charge < -0.3 is 37.6 Å². The van der Waals surface area contributed by atoms with Gasteiger partial charge in [0.15, 0.2) is 0 Å². The molecule has 0 rings (SSSR count). The van der Waals surface area contributed by atoms with Gasteiger partial charge in [0.05, 0.1) is 12.5 Å². The first-order valence-corrected chi connectivity index (χ1v) is 10.7. The molecule has 0 saturated carbocycles. The molecule has 0 spiro atoms. The van der Waals surface area contributed by atoms with E-state index in [4.69, 9.17) is 16.6 Å². The van der Waals surface area contributed by atoms with Crippen molar-refractivity contribution in [2.75, 3.05) is 12.0 Å². The third-order valence-electron chi connectivity index (χ3n) is 4.03. The maximum absolute atomic E-state index is 12.4. The van der Waals surface area contributed by atoms with Crippen molar-refractivity contribution in [1.82, 2.24) is 16.0 Å². The highest BCUT2D eigenvalue weighted by Gasteiger charge is 2.30. The van der Waals surface area contributed by atoms with Crippen LogP contribution in [0.25, 0.3) is 0 Å². The van der Waals surface area contributed by atoms with Crippen LogP contribution in [-0.4, -0.2) is 82.0 Å². The van der Waals surface area contributed by atoms with Crippen LogP contribution < -0.4 is 27.4 Å². The summed E-state index contributed by atoms with van der Waals surface area (Å²) in [5.41, 5.74) is 10.6. The summed E-state index contributed by atoms with van der Waals surface area (Å²) in [7, 11) is 0. The highest BCUT2D eigenvalue weighted by atomic mass is 32.2. The second kappa shape index (κ2) is 14.2. The molecule has 0 aliphatic carbocycles. The number of rotatable bonds is 15. The lowest BCUT2D eigenvalue weighted by Gasteiger charge is -2.22. The van der Waals surface area contributed by atoms with Gasteiger partial charge in [-0.05, 0) is 31.8 Å². The lowest BCUT2D eigenvalue weighted by atomic mass is 10.1. The van der Waals surface area contributed by atoms with Gasteiger partial charge in [-0.3, -0.25) is 24.0 Å². The van der Waals surface area contributed by atoms with Crippen LogP contribution in [0.5, 0.6) is 0 Å². The summed E-state index contributed by atoms with van der Waals surface area (Å²) in [5, 5.41) is 24.9. The summed E-state index contributed by atoms with van der Waals surface area (Å²) in [4.78, 5) is 69.8. The van der Waals surface area contributed by atoms with Crippen LogP contribution in [-0.2, 0) is 28.8 Å². The number of amides is 4. The van der Waals surface area contributed by atoms with Crippen molar-refractivity contribution in [1.29, 1.82) is 0 Å². The fourth-order valence-corrected chi connectivity index (χ4v) is 2.73. The van der Waals surface area contributed by atoms with Crippen LogP contribution in [0.4, 0.5) is 0 Å². The Bertz CT molecular complexity index is 689. The Morgan fingerprint density at radius 2 is 1.48 bits per heavy atom. The van der Waals surface area contributed by atoms with Crippen LogP contribution in [0.2, 0.25) is 0 Å². The van der Waals surface area contributed by atoms with Gasteiger partial charge >= 0.3 is 11.9 Å². The van der Waals surface area contributed by atoms with Crippen LogP contribution in [0.3, 0.4) is 0 Å². The molecule has 4 atom stereocenters. The summed E-state index contributed by atoms with van der Waals surface area (Å²) in [6.45, 7) is 1.28. The number of primary amides is 1. The fourth-order valence-electron chi connectivity index (χ4n) is 2.26. The molecular formula is C17H29N5O8S. The van der Waals surface area contributed by atoms with Crippen molar-refractivity contribution < 1.29 is 39.0 Å². The Labute approximate surface area is 183 Å². The molecular weight excluding hydrogens is 434 g/mol. The third-order valence-corrected chi connectivity index (χ3v) is 4.67. The Kier molecular flexibility index (Phi) is 12.9. The van der Waals surface area contributed by atoms with E-state index < -0.39 is 66.2 Å². The van der Waals surface area contributed by atoms with Crippen molar-refractivity contribution in [3.63, 3.8) is 0 Å². The predicted octanol–water partition coefficient (Wildman–Crippen LogP) is -2.63. The molecule has 0 radical (unpaired) electrons. The minimum Gasteiger partial charge on any atom is -0.481 e. The van der Waals surface area contributed by atoms with Crippen LogP contribution >= 0.6 is 11.8 Å². The number of aliphatic carboxylic acids is 2. The van der Waals surface area contributed by atoms with Gasteiger partial charge in [0, 0.05) is 6.42 Å². The quantitative estimate of drug-likeness (QED) is 0.133. The smallest absolute Gasteiger partial charge is 0.326 e. The summed E-state index contributed by atoms with van der Waals surface area (Å²) < 4.78 is 0. The third kappa shape index (κ3) is 11.8. The maximum atomic E-state index is 12.4. The Morgan fingerprint density at radius 1 is 0.903 bits per heavy atom. The number of nitrogens with one attached hydrogen (secondary N) is 3. The zero-order valence-corrected chi connectivity index (χ0v) is 18.1. The number of hydrogen-bond acceptors (Lipinski definition) is 8. The van der Waals surface area contributed by atoms with Gasteiger partial charge in [-0.15, -0.1) is 0 Å². The topological polar surface area (TPSA) is 231 Å². The standard InChI is InChI=1S/C17H29N5O8S/c1-8(20-15(27)9(18)3-4-12(19)23)14(26)22-11(7-13(24)25)16(28)21-10(17(29)30)5-6-31-2/h8-11H,3-7,18H2,1-2H3,(H2,19,23)(H,20,27)(H,21,28)(H,22,26)(H,24,25)(H,29,30). The molecule has 176 valence electrons. The maximum Gasteiger partial charge on any atom is 0.326 e. The molecule has 31 heavy (non-hydrogen) atoms. The molecule has 9 N–H and O–H groups in total. The van der Waals surface area contributed by atoms with Crippen molar-refractivity contribution in [2.24, 2.45) is 11.5 Å². The highest BCUT2D eigenvalue weighted by Crippen LogP contribution is 2.03. The molecule has 0 saturated heterocycles. The average Bonchev–Trinajstić information content (AvgIpc) is 2.67.